The van der Waals surface area contributed by atoms with E-state index in [9.17, 15) is 4.79 Å². The molecule has 0 atom stereocenters. The zero-order valence-corrected chi connectivity index (χ0v) is 15.7. The fourth-order valence-electron chi connectivity index (χ4n) is 4.25. The fourth-order valence-corrected chi connectivity index (χ4v) is 4.25. The van der Waals surface area contributed by atoms with E-state index < -0.39 is 5.54 Å². The minimum absolute atomic E-state index is 0.0307. The van der Waals surface area contributed by atoms with Crippen molar-refractivity contribution in [1.82, 2.24) is 14.7 Å². The summed E-state index contributed by atoms with van der Waals surface area (Å²) in [6.45, 7) is 4.71. The van der Waals surface area contributed by atoms with Crippen LogP contribution in [0.2, 0.25) is 0 Å². The van der Waals surface area contributed by atoms with Crippen LogP contribution >= 0.6 is 0 Å². The van der Waals surface area contributed by atoms with E-state index in [1.807, 2.05) is 47.3 Å². The highest BCUT2D eigenvalue weighted by molar-refractivity contribution is 5.96. The smallest absolute Gasteiger partial charge is 0.252 e. The Labute approximate surface area is 160 Å². The molecular weight excluding hydrogens is 340 g/mol. The predicted octanol–water partition coefficient (Wildman–Crippen LogP) is 2.74. The van der Waals surface area contributed by atoms with Crippen molar-refractivity contribution in [2.45, 2.75) is 31.2 Å². The molecule has 0 bridgehead atoms. The maximum Gasteiger partial charge on any atom is 0.252 e. The number of para-hydroxylation sites is 1. The van der Waals surface area contributed by atoms with Crippen LogP contribution in [0.4, 0.5) is 5.69 Å². The molecule has 0 unspecified atom stereocenters. The molecule has 4 rings (SSSR count). The van der Waals surface area contributed by atoms with Gasteiger partial charge in [0.2, 0.25) is 0 Å². The monoisotopic (exact) mass is 368 g/mol. The van der Waals surface area contributed by atoms with E-state index in [1.165, 1.54) is 0 Å². The van der Waals surface area contributed by atoms with E-state index in [4.69, 9.17) is 4.74 Å². The number of amides is 1. The number of anilines is 1. The SMILES string of the molecule is O=C(Nc1ccccc1)C1(n2cccn2)CCN(CC2CCOCC2)CC1. The number of hydrogen-bond donors (Lipinski definition) is 1. The van der Waals surface area contributed by atoms with Crippen LogP contribution in [0.3, 0.4) is 0 Å². The normalized spacial score (nSPS) is 21.0. The van der Waals surface area contributed by atoms with Gasteiger partial charge in [0.05, 0.1) is 0 Å². The Balaban J connectivity index is 1.45. The lowest BCUT2D eigenvalue weighted by Crippen LogP contribution is -2.54. The van der Waals surface area contributed by atoms with Crippen molar-refractivity contribution in [3.63, 3.8) is 0 Å². The second kappa shape index (κ2) is 8.23. The first-order valence-corrected chi connectivity index (χ1v) is 9.93. The number of benzene rings is 1. The van der Waals surface area contributed by atoms with Crippen LogP contribution in [0, 0.1) is 5.92 Å². The van der Waals surface area contributed by atoms with Crippen LogP contribution in [0.5, 0.6) is 0 Å². The van der Waals surface area contributed by atoms with Crippen LogP contribution in [0.1, 0.15) is 25.7 Å². The van der Waals surface area contributed by atoms with Crippen molar-refractivity contribution >= 4 is 11.6 Å². The Hall–Kier alpha value is -2.18. The topological polar surface area (TPSA) is 59.4 Å². The molecule has 0 spiro atoms. The van der Waals surface area contributed by atoms with E-state index in [0.29, 0.717) is 5.92 Å². The molecular formula is C21H28N4O2. The fraction of sp³-hybridized carbons (Fsp3) is 0.524. The summed E-state index contributed by atoms with van der Waals surface area (Å²) in [5.74, 6) is 0.747. The quantitative estimate of drug-likeness (QED) is 0.882. The van der Waals surface area contributed by atoms with Crippen molar-refractivity contribution < 1.29 is 9.53 Å². The number of ether oxygens (including phenoxy) is 1. The Morgan fingerprint density at radius 1 is 1.15 bits per heavy atom. The highest BCUT2D eigenvalue weighted by Crippen LogP contribution is 2.32. The zero-order chi connectivity index (χ0) is 18.5. The van der Waals surface area contributed by atoms with E-state index in [2.05, 4.69) is 15.3 Å². The Morgan fingerprint density at radius 3 is 2.56 bits per heavy atom. The van der Waals surface area contributed by atoms with Crippen LogP contribution in [-0.4, -0.2) is 53.4 Å². The molecule has 6 heteroatoms. The van der Waals surface area contributed by atoms with Crippen molar-refractivity contribution in [2.24, 2.45) is 5.92 Å². The van der Waals surface area contributed by atoms with Crippen molar-refractivity contribution in [3.8, 4) is 0 Å². The van der Waals surface area contributed by atoms with Crippen LogP contribution in [0.15, 0.2) is 48.8 Å². The molecule has 3 heterocycles. The molecule has 2 saturated heterocycles. The lowest BCUT2D eigenvalue weighted by atomic mass is 9.85. The molecule has 1 N–H and O–H groups in total. The van der Waals surface area contributed by atoms with E-state index in [1.54, 1.807) is 6.20 Å². The van der Waals surface area contributed by atoms with Gasteiger partial charge in [-0.2, -0.15) is 5.10 Å². The number of likely N-dealkylation sites (tertiary alicyclic amines) is 1. The Kier molecular flexibility index (Phi) is 5.55. The first-order chi connectivity index (χ1) is 13.3. The third kappa shape index (κ3) is 4.06. The lowest BCUT2D eigenvalue weighted by Gasteiger charge is -2.42. The van der Waals surface area contributed by atoms with Gasteiger partial charge in [-0.25, -0.2) is 0 Å². The van der Waals surface area contributed by atoms with Crippen LogP contribution in [-0.2, 0) is 15.1 Å². The number of rotatable bonds is 5. The number of nitrogens with zero attached hydrogens (tertiary/aromatic N) is 3. The molecule has 2 fully saturated rings. The van der Waals surface area contributed by atoms with Gasteiger partial charge in [0.15, 0.2) is 0 Å². The predicted molar refractivity (Wildman–Crippen MR) is 104 cm³/mol. The summed E-state index contributed by atoms with van der Waals surface area (Å²) in [5, 5.41) is 7.54. The zero-order valence-electron chi connectivity index (χ0n) is 15.7. The van der Waals surface area contributed by atoms with E-state index in [0.717, 1.165) is 64.2 Å². The van der Waals surface area contributed by atoms with Crippen LogP contribution in [0.25, 0.3) is 0 Å². The molecule has 27 heavy (non-hydrogen) atoms. The molecule has 0 aliphatic carbocycles. The molecule has 144 valence electrons. The summed E-state index contributed by atoms with van der Waals surface area (Å²) >= 11 is 0. The van der Waals surface area contributed by atoms with Gasteiger partial charge in [-0.3, -0.25) is 9.48 Å². The van der Waals surface area contributed by atoms with Gasteiger partial charge in [0, 0.05) is 50.9 Å². The summed E-state index contributed by atoms with van der Waals surface area (Å²) in [6, 6.07) is 11.6. The number of aromatic nitrogens is 2. The van der Waals surface area contributed by atoms with Crippen molar-refractivity contribution in [3.05, 3.63) is 48.8 Å². The first-order valence-electron chi connectivity index (χ1n) is 9.93. The molecule has 1 aromatic heterocycles. The van der Waals surface area contributed by atoms with E-state index >= 15 is 0 Å². The van der Waals surface area contributed by atoms with Gasteiger partial charge in [0.1, 0.15) is 5.54 Å². The van der Waals surface area contributed by atoms with Crippen molar-refractivity contribution in [2.75, 3.05) is 38.2 Å². The number of nitrogens with one attached hydrogen (secondary N) is 1. The highest BCUT2D eigenvalue weighted by atomic mass is 16.5. The number of piperidine rings is 1. The first kappa shape index (κ1) is 18.2. The summed E-state index contributed by atoms with van der Waals surface area (Å²) in [7, 11) is 0. The third-order valence-corrected chi connectivity index (χ3v) is 5.94. The Morgan fingerprint density at radius 2 is 1.89 bits per heavy atom. The van der Waals surface area contributed by atoms with Gasteiger partial charge < -0.3 is 15.0 Å². The van der Waals surface area contributed by atoms with E-state index in [-0.39, 0.29) is 5.91 Å². The molecule has 1 amide bonds. The van der Waals surface area contributed by atoms with Gasteiger partial charge in [-0.15, -0.1) is 0 Å². The molecule has 1 aromatic carbocycles. The summed E-state index contributed by atoms with van der Waals surface area (Å²) < 4.78 is 7.33. The number of hydrogen-bond acceptors (Lipinski definition) is 4. The van der Waals surface area contributed by atoms with Crippen LogP contribution < -0.4 is 5.32 Å². The molecule has 2 aromatic rings. The average molecular weight is 368 g/mol. The maximum atomic E-state index is 13.3. The third-order valence-electron chi connectivity index (χ3n) is 5.94. The largest absolute Gasteiger partial charge is 0.381 e. The second-order valence-corrected chi connectivity index (χ2v) is 7.66. The minimum Gasteiger partial charge on any atom is -0.381 e. The number of carbonyl (C=O) groups is 1. The molecule has 0 radical (unpaired) electrons. The number of carbonyl (C=O) groups excluding carboxylic acids is 1. The van der Waals surface area contributed by atoms with Gasteiger partial charge in [0.25, 0.3) is 5.91 Å². The standard InChI is InChI=1S/C21H28N4O2/c26-20(23-19-5-2-1-3-6-19)21(25-12-4-11-22-25)9-13-24(14-10-21)17-18-7-15-27-16-8-18/h1-6,11-12,18H,7-10,13-17H2,(H,23,26). The van der Waals surface area contributed by atoms with Gasteiger partial charge in [-0.05, 0) is 49.8 Å². The Bertz CT molecular complexity index is 718. The summed E-state index contributed by atoms with van der Waals surface area (Å²) in [5.41, 5.74) is 0.213. The minimum atomic E-state index is -0.620. The lowest BCUT2D eigenvalue weighted by molar-refractivity contribution is -0.127. The van der Waals surface area contributed by atoms with Crippen molar-refractivity contribution in [1.29, 1.82) is 0 Å². The summed E-state index contributed by atoms with van der Waals surface area (Å²) in [4.78, 5) is 15.8. The summed E-state index contributed by atoms with van der Waals surface area (Å²) in [6.07, 6.45) is 7.52. The average Bonchev–Trinajstić information content (AvgIpc) is 3.26. The maximum absolute atomic E-state index is 13.3. The molecule has 2 aliphatic heterocycles. The molecule has 0 saturated carbocycles. The molecule has 2 aliphatic rings. The van der Waals surface area contributed by atoms with Gasteiger partial charge >= 0.3 is 0 Å². The van der Waals surface area contributed by atoms with Gasteiger partial charge in [-0.1, -0.05) is 18.2 Å². The molecule has 6 nitrogen and oxygen atoms in total. The second-order valence-electron chi connectivity index (χ2n) is 7.66. The highest BCUT2D eigenvalue weighted by Gasteiger charge is 2.44.